The van der Waals surface area contributed by atoms with Crippen LogP contribution in [0.4, 0.5) is 43.9 Å². The van der Waals surface area contributed by atoms with Gasteiger partial charge in [-0.25, -0.2) is 39.5 Å². The van der Waals surface area contributed by atoms with Crippen molar-refractivity contribution in [2.75, 3.05) is 7.11 Å². The molecule has 0 bridgehead atoms. The summed E-state index contributed by atoms with van der Waals surface area (Å²) in [5.41, 5.74) is -1.22. The maximum absolute atomic E-state index is 15.1. The Kier molecular flexibility index (Phi) is 6.73. The van der Waals surface area contributed by atoms with E-state index in [1.807, 2.05) is 0 Å². The molecule has 3 aromatic rings. The molecular formula is C21H11AlF10O. The van der Waals surface area contributed by atoms with Gasteiger partial charge in [0.05, 0.1) is 7.11 Å². The average molecular weight is 496 g/mol. The molecule has 12 heteroatoms. The zero-order valence-corrected chi connectivity index (χ0v) is 18.1. The first-order valence-electron chi connectivity index (χ1n) is 9.02. The zero-order valence-electron chi connectivity index (χ0n) is 16.9. The summed E-state index contributed by atoms with van der Waals surface area (Å²) in [6, 6.07) is 0.752. The SMILES string of the molecule is COc1c(F)c(F)c(F)[c]([Al]([c]2c(F)cc(C)c(F)c2F)[c]2c(F)cc(C)c(F)c2F)c1F. The number of ether oxygens (including phenoxy) is 1. The van der Waals surface area contributed by atoms with Crippen LogP contribution >= 0.6 is 0 Å². The average Bonchev–Trinajstić information content (AvgIpc) is 2.74. The predicted octanol–water partition coefficient (Wildman–Crippen LogP) is 4.22. The van der Waals surface area contributed by atoms with Crippen LogP contribution in [0, 0.1) is 72.0 Å². The molecule has 0 aliphatic carbocycles. The molecule has 0 fully saturated rings. The molecule has 0 unspecified atom stereocenters. The molecule has 0 atom stereocenters. The largest absolute Gasteiger partial charge is 0.491 e. The van der Waals surface area contributed by atoms with Crippen LogP contribution in [0.15, 0.2) is 12.1 Å². The van der Waals surface area contributed by atoms with Crippen LogP contribution in [-0.2, 0) is 0 Å². The lowest BCUT2D eigenvalue weighted by Crippen LogP contribution is -2.59. The second-order valence-electron chi connectivity index (χ2n) is 7.07. The molecule has 33 heavy (non-hydrogen) atoms. The van der Waals surface area contributed by atoms with Crippen molar-refractivity contribution < 1.29 is 48.6 Å². The Morgan fingerprint density at radius 2 is 0.909 bits per heavy atom. The minimum atomic E-state index is -4.95. The lowest BCUT2D eigenvalue weighted by atomic mass is 10.2. The number of halogens is 10. The van der Waals surface area contributed by atoms with Gasteiger partial charge in [-0.05, 0) is 50.4 Å². The lowest BCUT2D eigenvalue weighted by Gasteiger charge is -2.21. The summed E-state index contributed by atoms with van der Waals surface area (Å²) in [6.45, 7) is 1.85. The Morgan fingerprint density at radius 1 is 0.515 bits per heavy atom. The normalized spacial score (nSPS) is 11.2. The molecule has 0 aliphatic heterocycles. The quantitative estimate of drug-likeness (QED) is 0.228. The van der Waals surface area contributed by atoms with Gasteiger partial charge in [0, 0.05) is 0 Å². The molecule has 0 aliphatic rings. The molecule has 174 valence electrons. The van der Waals surface area contributed by atoms with Gasteiger partial charge in [0.15, 0.2) is 34.8 Å². The molecule has 0 heterocycles. The van der Waals surface area contributed by atoms with Crippen molar-refractivity contribution in [3.8, 4) is 5.75 Å². The van der Waals surface area contributed by atoms with E-state index in [2.05, 4.69) is 4.74 Å². The Labute approximate surface area is 184 Å². The molecule has 0 N–H and O–H groups in total. The van der Waals surface area contributed by atoms with E-state index in [-0.39, 0.29) is 0 Å². The van der Waals surface area contributed by atoms with Gasteiger partial charge in [-0.15, -0.1) is 0 Å². The fourth-order valence-corrected chi connectivity index (χ4v) is 6.59. The van der Waals surface area contributed by atoms with Gasteiger partial charge in [0.25, 0.3) is 0 Å². The number of hydrogen-bond acceptors (Lipinski definition) is 1. The Morgan fingerprint density at radius 3 is 1.30 bits per heavy atom. The topological polar surface area (TPSA) is 9.23 Å². The smallest absolute Gasteiger partial charge is 0.412 e. The van der Waals surface area contributed by atoms with E-state index in [1.54, 1.807) is 0 Å². The van der Waals surface area contributed by atoms with E-state index in [9.17, 15) is 39.5 Å². The van der Waals surface area contributed by atoms with Gasteiger partial charge in [-0.2, -0.15) is 4.39 Å². The van der Waals surface area contributed by atoms with E-state index in [4.69, 9.17) is 0 Å². The Bertz CT molecular complexity index is 1230. The van der Waals surface area contributed by atoms with Crippen LogP contribution in [0.25, 0.3) is 0 Å². The monoisotopic (exact) mass is 496 g/mol. The molecule has 0 saturated heterocycles. The summed E-state index contributed by atoms with van der Waals surface area (Å²) >= 11 is -4.95. The number of hydrogen-bond donors (Lipinski definition) is 0. The summed E-state index contributed by atoms with van der Waals surface area (Å²) in [6.07, 6.45) is 0. The molecule has 0 spiro atoms. The molecular weight excluding hydrogens is 485 g/mol. The fourth-order valence-electron chi connectivity index (χ4n) is 3.48. The zero-order chi connectivity index (χ0) is 24.9. The van der Waals surface area contributed by atoms with Crippen LogP contribution < -0.4 is 18.0 Å². The number of rotatable bonds is 4. The lowest BCUT2D eigenvalue weighted by molar-refractivity contribution is 0.338. The second kappa shape index (κ2) is 8.91. The standard InChI is InChI=1S/C7H3F4O.2C7H4F3.Al/c1-12-7-4(9)2-3(8)5(10)6(7)11;2*1-4-2-5(8)3-6(9)7(4)10;/h1H3;2*2H,1H3;. The first-order valence-corrected chi connectivity index (χ1v) is 10.8. The minimum Gasteiger partial charge on any atom is -0.491 e. The van der Waals surface area contributed by atoms with Crippen LogP contribution in [-0.4, -0.2) is 21.3 Å². The number of aryl methyl sites for hydroxylation is 2. The Hall–Kier alpha value is -2.71. The molecule has 3 rings (SSSR count). The maximum atomic E-state index is 15.1. The highest BCUT2D eigenvalue weighted by Gasteiger charge is 2.44. The van der Waals surface area contributed by atoms with Crippen molar-refractivity contribution in [3.63, 3.8) is 0 Å². The van der Waals surface area contributed by atoms with Gasteiger partial charge < -0.3 is 4.74 Å². The third kappa shape index (κ3) is 3.85. The first kappa shape index (κ1) is 24.9. The Balaban J connectivity index is 2.61. The van der Waals surface area contributed by atoms with Crippen LogP contribution in [0.5, 0.6) is 5.75 Å². The molecule has 0 aromatic heterocycles. The van der Waals surface area contributed by atoms with Gasteiger partial charge in [-0.1, -0.05) is 0 Å². The van der Waals surface area contributed by atoms with Crippen molar-refractivity contribution in [3.05, 3.63) is 81.4 Å². The van der Waals surface area contributed by atoms with Gasteiger partial charge in [-0.3, -0.25) is 0 Å². The molecule has 1 nitrogen and oxygen atoms in total. The van der Waals surface area contributed by atoms with E-state index in [0.717, 1.165) is 13.8 Å². The summed E-state index contributed by atoms with van der Waals surface area (Å²) < 4.78 is 145. The van der Waals surface area contributed by atoms with Crippen LogP contribution in [0.3, 0.4) is 0 Å². The molecule has 0 radical (unpaired) electrons. The predicted molar refractivity (Wildman–Crippen MR) is 99.6 cm³/mol. The summed E-state index contributed by atoms with van der Waals surface area (Å²) in [5, 5.41) is 0. The van der Waals surface area contributed by atoms with Crippen molar-refractivity contribution in [1.82, 2.24) is 0 Å². The highest BCUT2D eigenvalue weighted by Crippen LogP contribution is 2.26. The highest BCUT2D eigenvalue weighted by molar-refractivity contribution is 6.95. The van der Waals surface area contributed by atoms with Crippen molar-refractivity contribution >= 4 is 27.4 Å². The third-order valence-corrected chi connectivity index (χ3v) is 8.38. The number of benzene rings is 3. The van der Waals surface area contributed by atoms with Gasteiger partial charge in [0.1, 0.15) is 23.3 Å². The van der Waals surface area contributed by atoms with E-state index in [0.29, 0.717) is 19.2 Å². The summed E-state index contributed by atoms with van der Waals surface area (Å²) in [4.78, 5) is 0. The molecule has 0 saturated carbocycles. The fraction of sp³-hybridized carbons (Fsp3) is 0.143. The van der Waals surface area contributed by atoms with Gasteiger partial charge in [0.2, 0.25) is 5.82 Å². The van der Waals surface area contributed by atoms with Gasteiger partial charge >= 0.3 is 14.1 Å². The van der Waals surface area contributed by atoms with Crippen LogP contribution in [0.1, 0.15) is 11.1 Å². The minimum absolute atomic E-state index is 0.376. The molecule has 3 aromatic carbocycles. The third-order valence-electron chi connectivity index (χ3n) is 5.08. The first-order chi connectivity index (χ1) is 15.3. The molecule has 0 amide bonds. The highest BCUT2D eigenvalue weighted by atomic mass is 27.2. The van der Waals surface area contributed by atoms with Crippen molar-refractivity contribution in [2.24, 2.45) is 0 Å². The van der Waals surface area contributed by atoms with E-state index < -0.39 is 102 Å². The van der Waals surface area contributed by atoms with Crippen molar-refractivity contribution in [2.45, 2.75) is 13.8 Å². The van der Waals surface area contributed by atoms with E-state index >= 15 is 4.39 Å². The second-order valence-corrected chi connectivity index (χ2v) is 9.67. The van der Waals surface area contributed by atoms with E-state index in [1.165, 1.54) is 0 Å². The van der Waals surface area contributed by atoms with Crippen LogP contribution in [0.2, 0.25) is 0 Å². The maximum Gasteiger partial charge on any atom is 0.412 e. The summed E-state index contributed by atoms with van der Waals surface area (Å²) in [5.74, 6) is -21.6. The summed E-state index contributed by atoms with van der Waals surface area (Å²) in [7, 11) is 0.638. The number of methoxy groups -OCH3 is 1. The van der Waals surface area contributed by atoms with Crippen molar-refractivity contribution in [1.29, 1.82) is 0 Å².